The van der Waals surface area contributed by atoms with Gasteiger partial charge < -0.3 is 14.5 Å². The van der Waals surface area contributed by atoms with E-state index in [1.54, 1.807) is 12.1 Å². The monoisotopic (exact) mass is 482 g/mol. The molecule has 5 rings (SSSR count). The zero-order valence-corrected chi connectivity index (χ0v) is 19.5. The Kier molecular flexibility index (Phi) is 5.69. The zero-order chi connectivity index (χ0) is 23.0. The first-order valence-electron chi connectivity index (χ1n) is 10.4. The average Bonchev–Trinajstić information content (AvgIpc) is 3.32. The van der Waals surface area contributed by atoms with Crippen LogP contribution in [0.1, 0.15) is 16.0 Å². The third kappa shape index (κ3) is 4.39. The number of thiophene rings is 1. The van der Waals surface area contributed by atoms with Crippen molar-refractivity contribution in [2.75, 3.05) is 13.2 Å². The molecule has 7 nitrogen and oxygen atoms in total. The Balaban J connectivity index is 1.55. The second kappa shape index (κ2) is 8.66. The zero-order valence-electron chi connectivity index (χ0n) is 17.9. The first kappa shape index (κ1) is 21.7. The second-order valence-corrected chi connectivity index (χ2v) is 10.8. The molecule has 9 heteroatoms. The van der Waals surface area contributed by atoms with Gasteiger partial charge in [0.1, 0.15) is 13.2 Å². The van der Waals surface area contributed by atoms with Crippen molar-refractivity contribution in [3.63, 3.8) is 0 Å². The maximum absolute atomic E-state index is 13.7. The second-order valence-electron chi connectivity index (χ2n) is 7.87. The summed E-state index contributed by atoms with van der Waals surface area (Å²) in [6.45, 7) is 2.83. The van der Waals surface area contributed by atoms with Crippen LogP contribution in [0, 0.1) is 6.92 Å². The summed E-state index contributed by atoms with van der Waals surface area (Å²) >= 11 is 1.47. The first-order chi connectivity index (χ1) is 15.9. The highest BCUT2D eigenvalue weighted by molar-refractivity contribution is 7.89. The van der Waals surface area contributed by atoms with E-state index < -0.39 is 10.0 Å². The summed E-state index contributed by atoms with van der Waals surface area (Å²) in [4.78, 5) is 16.7. The lowest BCUT2D eigenvalue weighted by molar-refractivity contribution is 0.171. The molecule has 0 atom stereocenters. The number of benzene rings is 2. The Morgan fingerprint density at radius 3 is 2.61 bits per heavy atom. The lowest BCUT2D eigenvalue weighted by atomic mass is 10.1. The van der Waals surface area contributed by atoms with Crippen LogP contribution in [-0.4, -0.2) is 30.9 Å². The lowest BCUT2D eigenvalue weighted by Gasteiger charge is -2.23. The first-order valence-corrected chi connectivity index (χ1v) is 12.8. The molecule has 0 unspecified atom stereocenters. The summed E-state index contributed by atoms with van der Waals surface area (Å²) in [5.74, 6) is 0.920. The van der Waals surface area contributed by atoms with Crippen molar-refractivity contribution in [3.05, 3.63) is 86.3 Å². The molecule has 2 aromatic heterocycles. The van der Waals surface area contributed by atoms with Crippen LogP contribution in [-0.2, 0) is 23.1 Å². The number of sulfonamides is 1. The van der Waals surface area contributed by atoms with E-state index in [2.05, 4.69) is 4.98 Å². The molecule has 0 fully saturated rings. The Bertz CT molecular complexity index is 1480. The van der Waals surface area contributed by atoms with Crippen LogP contribution < -0.4 is 15.0 Å². The summed E-state index contributed by atoms with van der Waals surface area (Å²) in [6, 6.07) is 15.9. The fourth-order valence-electron chi connectivity index (χ4n) is 3.80. The van der Waals surface area contributed by atoms with Gasteiger partial charge in [-0.15, -0.1) is 11.3 Å². The molecule has 4 aromatic rings. The van der Waals surface area contributed by atoms with Gasteiger partial charge in [-0.25, -0.2) is 8.42 Å². The smallest absolute Gasteiger partial charge is 0.252 e. The highest BCUT2D eigenvalue weighted by atomic mass is 32.2. The van der Waals surface area contributed by atoms with Gasteiger partial charge in [0, 0.05) is 35.1 Å². The van der Waals surface area contributed by atoms with Gasteiger partial charge in [-0.2, -0.15) is 4.31 Å². The third-order valence-electron chi connectivity index (χ3n) is 5.49. The molecule has 0 aliphatic carbocycles. The molecular formula is C24H22N2O5S2. The van der Waals surface area contributed by atoms with E-state index in [1.807, 2.05) is 42.6 Å². The van der Waals surface area contributed by atoms with E-state index in [1.165, 1.54) is 27.8 Å². The number of aryl methyl sites for hydroxylation is 1. The molecule has 1 aliphatic rings. The van der Waals surface area contributed by atoms with Crippen LogP contribution in [0.25, 0.3) is 10.9 Å². The Hall–Kier alpha value is -3.14. The van der Waals surface area contributed by atoms with Crippen molar-refractivity contribution < 1.29 is 17.9 Å². The number of fused-ring (bicyclic) bond motifs is 2. The summed E-state index contributed by atoms with van der Waals surface area (Å²) in [5.41, 5.74) is 1.83. The van der Waals surface area contributed by atoms with Gasteiger partial charge >= 0.3 is 0 Å². The van der Waals surface area contributed by atoms with Crippen LogP contribution >= 0.6 is 11.3 Å². The SMILES string of the molecule is Cc1ccc2cc(CN(Cc3cccs3)S(=O)(=O)c3ccc4c(c3)OCCO4)c(=O)[nH]c2c1. The minimum Gasteiger partial charge on any atom is -0.486 e. The normalized spacial score (nSPS) is 13.5. The summed E-state index contributed by atoms with van der Waals surface area (Å²) in [7, 11) is -3.93. The van der Waals surface area contributed by atoms with Crippen molar-refractivity contribution in [2.24, 2.45) is 0 Å². The van der Waals surface area contributed by atoms with Gasteiger partial charge in [0.2, 0.25) is 10.0 Å². The number of rotatable bonds is 6. The van der Waals surface area contributed by atoms with E-state index >= 15 is 0 Å². The number of H-pyrrole nitrogens is 1. The van der Waals surface area contributed by atoms with E-state index in [0.717, 1.165) is 21.3 Å². The number of ether oxygens (including phenoxy) is 2. The van der Waals surface area contributed by atoms with Crippen molar-refractivity contribution in [3.8, 4) is 11.5 Å². The fourth-order valence-corrected chi connectivity index (χ4v) is 6.02. The quantitative estimate of drug-likeness (QED) is 0.448. The number of pyridine rings is 1. The number of aromatic nitrogens is 1. The molecule has 33 heavy (non-hydrogen) atoms. The van der Waals surface area contributed by atoms with Gasteiger partial charge in [0.25, 0.3) is 5.56 Å². The van der Waals surface area contributed by atoms with Crippen molar-refractivity contribution in [2.45, 2.75) is 24.9 Å². The molecule has 1 N–H and O–H groups in total. The molecule has 1 aliphatic heterocycles. The maximum atomic E-state index is 13.7. The van der Waals surface area contributed by atoms with Crippen LogP contribution in [0.15, 0.2) is 69.7 Å². The number of aromatic amines is 1. The van der Waals surface area contributed by atoms with Crippen molar-refractivity contribution >= 4 is 32.3 Å². The van der Waals surface area contributed by atoms with Crippen LogP contribution in [0.3, 0.4) is 0 Å². The topological polar surface area (TPSA) is 88.7 Å². The number of nitrogens with one attached hydrogen (secondary N) is 1. The van der Waals surface area contributed by atoms with Gasteiger partial charge in [-0.05, 0) is 53.6 Å². The van der Waals surface area contributed by atoms with Crippen LogP contribution in [0.4, 0.5) is 0 Å². The highest BCUT2D eigenvalue weighted by Crippen LogP contribution is 2.34. The lowest BCUT2D eigenvalue weighted by Crippen LogP contribution is -2.32. The van der Waals surface area contributed by atoms with E-state index in [-0.39, 0.29) is 23.5 Å². The molecule has 0 bridgehead atoms. The van der Waals surface area contributed by atoms with E-state index in [9.17, 15) is 13.2 Å². The molecule has 0 saturated heterocycles. The predicted molar refractivity (Wildman–Crippen MR) is 127 cm³/mol. The van der Waals surface area contributed by atoms with Crippen molar-refractivity contribution in [1.29, 1.82) is 0 Å². The number of hydrogen-bond acceptors (Lipinski definition) is 6. The largest absolute Gasteiger partial charge is 0.486 e. The minimum atomic E-state index is -3.93. The van der Waals surface area contributed by atoms with Crippen molar-refractivity contribution in [1.82, 2.24) is 9.29 Å². The van der Waals surface area contributed by atoms with Crippen LogP contribution in [0.2, 0.25) is 0 Å². The highest BCUT2D eigenvalue weighted by Gasteiger charge is 2.28. The maximum Gasteiger partial charge on any atom is 0.252 e. The van der Waals surface area contributed by atoms with Gasteiger partial charge in [0.15, 0.2) is 11.5 Å². The summed E-state index contributed by atoms with van der Waals surface area (Å²) in [6.07, 6.45) is 0. The average molecular weight is 483 g/mol. The van der Waals surface area contributed by atoms with Gasteiger partial charge in [-0.1, -0.05) is 18.2 Å². The molecular weight excluding hydrogens is 460 g/mol. The number of nitrogens with zero attached hydrogens (tertiary/aromatic N) is 1. The molecule has 3 heterocycles. The minimum absolute atomic E-state index is 0.0617. The van der Waals surface area contributed by atoms with Crippen LogP contribution in [0.5, 0.6) is 11.5 Å². The molecule has 0 saturated carbocycles. The summed E-state index contributed by atoms with van der Waals surface area (Å²) < 4.78 is 39.8. The standard InChI is InChI=1S/C24H22N2O5S2/c1-16-4-5-17-12-18(24(27)25-21(17)11-16)14-26(15-19-3-2-10-32-19)33(28,29)20-6-7-22-23(13-20)31-9-8-30-22/h2-7,10-13H,8-9,14-15H2,1H3,(H,25,27). The van der Waals surface area contributed by atoms with E-state index in [0.29, 0.717) is 30.3 Å². The Morgan fingerprint density at radius 2 is 1.82 bits per heavy atom. The molecule has 0 amide bonds. The van der Waals surface area contributed by atoms with Gasteiger partial charge in [-0.3, -0.25) is 4.79 Å². The van der Waals surface area contributed by atoms with Gasteiger partial charge in [0.05, 0.1) is 4.90 Å². The molecule has 0 radical (unpaired) electrons. The predicted octanol–water partition coefficient (Wildman–Crippen LogP) is 4.06. The summed E-state index contributed by atoms with van der Waals surface area (Å²) in [5, 5.41) is 2.75. The molecule has 0 spiro atoms. The Morgan fingerprint density at radius 1 is 1.00 bits per heavy atom. The number of hydrogen-bond donors (Lipinski definition) is 1. The van der Waals surface area contributed by atoms with E-state index in [4.69, 9.17) is 9.47 Å². The Labute approximate surface area is 195 Å². The molecule has 2 aromatic carbocycles. The fraction of sp³-hybridized carbons (Fsp3) is 0.208. The molecule has 170 valence electrons. The third-order valence-corrected chi connectivity index (χ3v) is 8.14.